The van der Waals surface area contributed by atoms with Crippen LogP contribution in [0.3, 0.4) is 0 Å². The van der Waals surface area contributed by atoms with Crippen molar-refractivity contribution in [1.82, 2.24) is 9.55 Å². The van der Waals surface area contributed by atoms with Gasteiger partial charge in [0.25, 0.3) is 5.56 Å². The Morgan fingerprint density at radius 3 is 2.94 bits per heavy atom. The van der Waals surface area contributed by atoms with Gasteiger partial charge in [-0.15, -0.1) is 11.3 Å². The number of furan rings is 1. The average molecular weight is 496 g/mol. The molecule has 1 aliphatic heterocycles. The molecule has 4 heterocycles. The number of anilines is 1. The predicted octanol–water partition coefficient (Wildman–Crippen LogP) is 4.44. The molecule has 0 bridgehead atoms. The van der Waals surface area contributed by atoms with Crippen molar-refractivity contribution in [3.8, 4) is 11.5 Å². The first-order valence-corrected chi connectivity index (χ1v) is 12.9. The molecule has 10 heteroatoms. The maximum atomic E-state index is 13.6. The zero-order valence-corrected chi connectivity index (χ0v) is 19.8. The number of aryl methyl sites for hydroxylation is 2. The third-order valence-corrected chi connectivity index (χ3v) is 8.08. The van der Waals surface area contributed by atoms with Gasteiger partial charge in [-0.2, -0.15) is 0 Å². The Kier molecular flexibility index (Phi) is 5.54. The minimum Gasteiger partial charge on any atom is -0.467 e. The number of carbonyl (C=O) groups is 1. The van der Waals surface area contributed by atoms with Gasteiger partial charge in [0.2, 0.25) is 12.7 Å². The molecule has 0 saturated carbocycles. The second kappa shape index (κ2) is 8.84. The van der Waals surface area contributed by atoms with E-state index in [2.05, 4.69) is 5.32 Å². The van der Waals surface area contributed by atoms with Crippen LogP contribution in [0.5, 0.6) is 11.5 Å². The number of rotatable bonds is 6. The van der Waals surface area contributed by atoms with Gasteiger partial charge in [0.05, 0.1) is 23.9 Å². The van der Waals surface area contributed by atoms with Crippen molar-refractivity contribution < 1.29 is 18.7 Å². The summed E-state index contributed by atoms with van der Waals surface area (Å²) in [6, 6.07) is 8.90. The summed E-state index contributed by atoms with van der Waals surface area (Å²) in [5, 5.41) is 4.10. The lowest BCUT2D eigenvalue weighted by atomic mass is 9.97. The van der Waals surface area contributed by atoms with E-state index in [1.807, 2.05) is 6.07 Å². The van der Waals surface area contributed by atoms with Gasteiger partial charge < -0.3 is 19.2 Å². The lowest BCUT2D eigenvalue weighted by molar-refractivity contribution is -0.113. The number of thioether (sulfide) groups is 1. The molecule has 174 valence electrons. The van der Waals surface area contributed by atoms with Crippen LogP contribution in [0, 0.1) is 0 Å². The summed E-state index contributed by atoms with van der Waals surface area (Å²) in [6.07, 6.45) is 5.73. The molecule has 1 aliphatic carbocycles. The average Bonchev–Trinajstić information content (AvgIpc) is 3.59. The minimum atomic E-state index is -0.201. The molecule has 0 fully saturated rings. The van der Waals surface area contributed by atoms with Crippen LogP contribution in [-0.4, -0.2) is 28.0 Å². The van der Waals surface area contributed by atoms with Crippen LogP contribution in [0.2, 0.25) is 0 Å². The van der Waals surface area contributed by atoms with E-state index in [1.54, 1.807) is 46.4 Å². The lowest BCUT2D eigenvalue weighted by Crippen LogP contribution is -2.25. The number of fused-ring (bicyclic) bond motifs is 4. The van der Waals surface area contributed by atoms with E-state index < -0.39 is 0 Å². The highest BCUT2D eigenvalue weighted by molar-refractivity contribution is 7.99. The van der Waals surface area contributed by atoms with Gasteiger partial charge in [-0.1, -0.05) is 11.8 Å². The van der Waals surface area contributed by atoms with Crippen molar-refractivity contribution in [3.05, 3.63) is 63.1 Å². The molecular weight excluding hydrogens is 474 g/mol. The smallest absolute Gasteiger partial charge is 0.263 e. The monoisotopic (exact) mass is 495 g/mol. The van der Waals surface area contributed by atoms with Crippen molar-refractivity contribution in [2.45, 2.75) is 37.4 Å². The van der Waals surface area contributed by atoms with Gasteiger partial charge in [0, 0.05) is 16.6 Å². The summed E-state index contributed by atoms with van der Waals surface area (Å²) in [7, 11) is 0. The third kappa shape index (κ3) is 3.97. The molecule has 0 saturated heterocycles. The largest absolute Gasteiger partial charge is 0.467 e. The highest BCUT2D eigenvalue weighted by atomic mass is 32.2. The third-order valence-electron chi connectivity index (χ3n) is 5.92. The Balaban J connectivity index is 1.28. The van der Waals surface area contributed by atoms with Gasteiger partial charge in [0.1, 0.15) is 10.6 Å². The highest BCUT2D eigenvalue weighted by Gasteiger charge is 2.23. The first-order chi connectivity index (χ1) is 16.7. The molecule has 0 spiro atoms. The molecule has 34 heavy (non-hydrogen) atoms. The molecule has 1 amide bonds. The molecule has 4 aromatic rings. The Morgan fingerprint density at radius 2 is 2.06 bits per heavy atom. The van der Waals surface area contributed by atoms with Crippen LogP contribution in [-0.2, 0) is 24.2 Å². The van der Waals surface area contributed by atoms with Gasteiger partial charge in [-0.3, -0.25) is 14.2 Å². The van der Waals surface area contributed by atoms with Crippen molar-refractivity contribution >= 4 is 44.9 Å². The predicted molar refractivity (Wildman–Crippen MR) is 130 cm³/mol. The molecule has 6 rings (SSSR count). The fourth-order valence-corrected chi connectivity index (χ4v) is 6.43. The molecular formula is C24H21N3O5S2. The number of hydrogen-bond donors (Lipinski definition) is 1. The number of aromatic nitrogens is 2. The van der Waals surface area contributed by atoms with E-state index in [0.717, 1.165) is 41.5 Å². The van der Waals surface area contributed by atoms with Gasteiger partial charge in [-0.05, 0) is 55.5 Å². The molecule has 8 nitrogen and oxygen atoms in total. The standard InChI is InChI=1S/C24H21N3O5S2/c28-20(25-14-7-8-17-18(10-14)32-13-31-17)12-33-24-26-22-21(16-5-1-2-6-19(16)34-22)23(29)27(24)11-15-4-3-9-30-15/h3-4,7-10H,1-2,5-6,11-13H2,(H,25,28). The summed E-state index contributed by atoms with van der Waals surface area (Å²) in [4.78, 5) is 33.1. The number of ether oxygens (including phenoxy) is 2. The van der Waals surface area contributed by atoms with E-state index in [4.69, 9.17) is 18.9 Å². The fourth-order valence-electron chi connectivity index (χ4n) is 4.33. The maximum Gasteiger partial charge on any atom is 0.263 e. The van der Waals surface area contributed by atoms with Crippen LogP contribution in [0.25, 0.3) is 10.2 Å². The summed E-state index contributed by atoms with van der Waals surface area (Å²) in [5.41, 5.74) is 1.70. The summed E-state index contributed by atoms with van der Waals surface area (Å²) in [6.45, 7) is 0.446. The van der Waals surface area contributed by atoms with Crippen LogP contribution in [0.4, 0.5) is 5.69 Å². The highest BCUT2D eigenvalue weighted by Crippen LogP contribution is 2.36. The molecule has 1 N–H and O–H groups in total. The first kappa shape index (κ1) is 21.3. The van der Waals surface area contributed by atoms with Crippen molar-refractivity contribution in [2.24, 2.45) is 0 Å². The van der Waals surface area contributed by atoms with E-state index in [9.17, 15) is 9.59 Å². The second-order valence-electron chi connectivity index (χ2n) is 8.16. The van der Waals surface area contributed by atoms with Crippen molar-refractivity contribution in [1.29, 1.82) is 0 Å². The SMILES string of the molecule is O=C(CSc1nc2sc3c(c2c(=O)n1Cc1ccco1)CCCC3)Nc1ccc2c(c1)OCO2. The Hall–Kier alpha value is -3.24. The van der Waals surface area contributed by atoms with Gasteiger partial charge >= 0.3 is 0 Å². The summed E-state index contributed by atoms with van der Waals surface area (Å²) < 4.78 is 17.8. The summed E-state index contributed by atoms with van der Waals surface area (Å²) in [5.74, 6) is 1.83. The van der Waals surface area contributed by atoms with Crippen LogP contribution >= 0.6 is 23.1 Å². The zero-order chi connectivity index (χ0) is 23.1. The number of carbonyl (C=O) groups excluding carboxylic acids is 1. The van der Waals surface area contributed by atoms with E-state index in [0.29, 0.717) is 28.1 Å². The number of thiophene rings is 1. The topological polar surface area (TPSA) is 95.6 Å². The van der Waals surface area contributed by atoms with Crippen LogP contribution in [0.15, 0.2) is 51.0 Å². The zero-order valence-electron chi connectivity index (χ0n) is 18.2. The molecule has 2 aliphatic rings. The quantitative estimate of drug-likeness (QED) is 0.312. The lowest BCUT2D eigenvalue weighted by Gasteiger charge is -2.13. The Bertz CT molecular complexity index is 1440. The molecule has 0 unspecified atom stereocenters. The van der Waals surface area contributed by atoms with Gasteiger partial charge in [-0.25, -0.2) is 4.98 Å². The molecule has 3 aromatic heterocycles. The number of hydrogen-bond acceptors (Lipinski definition) is 8. The number of nitrogens with zero attached hydrogens (tertiary/aromatic N) is 2. The number of benzene rings is 1. The number of amides is 1. The summed E-state index contributed by atoms with van der Waals surface area (Å²) >= 11 is 2.85. The van der Waals surface area contributed by atoms with Crippen LogP contribution in [0.1, 0.15) is 29.0 Å². The number of nitrogens with one attached hydrogen (secondary N) is 1. The van der Waals surface area contributed by atoms with E-state index in [1.165, 1.54) is 16.6 Å². The normalized spacial score (nSPS) is 14.4. The van der Waals surface area contributed by atoms with Crippen molar-refractivity contribution in [3.63, 3.8) is 0 Å². The second-order valence-corrected chi connectivity index (χ2v) is 10.2. The first-order valence-electron chi connectivity index (χ1n) is 11.1. The molecule has 1 aromatic carbocycles. The van der Waals surface area contributed by atoms with Crippen molar-refractivity contribution in [2.75, 3.05) is 17.9 Å². The van der Waals surface area contributed by atoms with Gasteiger partial charge in [0.15, 0.2) is 16.7 Å². The molecule has 0 atom stereocenters. The maximum absolute atomic E-state index is 13.6. The Morgan fingerprint density at radius 1 is 1.18 bits per heavy atom. The van der Waals surface area contributed by atoms with E-state index in [-0.39, 0.29) is 30.6 Å². The minimum absolute atomic E-state index is 0.0699. The Labute approximate surface area is 202 Å². The van der Waals surface area contributed by atoms with E-state index >= 15 is 0 Å². The fraction of sp³-hybridized carbons (Fsp3) is 0.292. The van der Waals surface area contributed by atoms with Crippen LogP contribution < -0.4 is 20.3 Å². The molecule has 0 radical (unpaired) electrons.